The quantitative estimate of drug-likeness (QED) is 0.113. The summed E-state index contributed by atoms with van der Waals surface area (Å²) >= 11 is 0. The van der Waals surface area contributed by atoms with Crippen molar-refractivity contribution >= 4 is 41.0 Å². The number of nitrogens with one attached hydrogen (secondary N) is 2. The number of anilines is 1. The van der Waals surface area contributed by atoms with Gasteiger partial charge in [0.2, 0.25) is 11.8 Å². The average Bonchev–Trinajstić information content (AvgIpc) is 3.13. The molecule has 1 aromatic heterocycles. The zero-order valence-corrected chi connectivity index (χ0v) is 29.5. The van der Waals surface area contributed by atoms with Gasteiger partial charge < -0.3 is 25.6 Å². The minimum atomic E-state index is -1.14. The molecular formula is C38H50N4O7. The normalized spacial score (nSPS) is 10.3. The Morgan fingerprint density at radius 3 is 2.14 bits per heavy atom. The van der Waals surface area contributed by atoms with Gasteiger partial charge in [0.05, 0.1) is 19.7 Å². The van der Waals surface area contributed by atoms with Crippen molar-refractivity contribution in [1.82, 2.24) is 15.6 Å². The number of nitrogens with zero attached hydrogens (tertiary/aromatic N) is 2. The second kappa shape index (κ2) is 23.0. The number of rotatable bonds is 12. The lowest BCUT2D eigenvalue weighted by molar-refractivity contribution is -0.126. The molecule has 11 heteroatoms. The summed E-state index contributed by atoms with van der Waals surface area (Å²) in [6.45, 7) is 12.1. The van der Waals surface area contributed by atoms with Crippen LogP contribution in [0.2, 0.25) is 0 Å². The van der Waals surface area contributed by atoms with Gasteiger partial charge in [-0.3, -0.25) is 19.3 Å². The second-order valence-electron chi connectivity index (χ2n) is 10.2. The standard InChI is InChI=1S/C32H34N4O5.C2H4O2.2C2H6/c1-3-27(23-12-10-22(11-13-23)24-14-15-28(37)26-8-5-4-7-25(24)26)35-31(39)20-34-30(38)9-6-18-36(32(40)41)29-19-21(2)16-17-33-29;1-4-2-3;2*1-2/h4-5,7-8,10-17,19,27,37H,3,6,9,18,20H2,1-2H3,(H,34,38)(H,35,39)(H,40,41);2H,1H3;2*1-2H3. The van der Waals surface area contributed by atoms with E-state index in [0.717, 1.165) is 37.9 Å². The van der Waals surface area contributed by atoms with Gasteiger partial charge in [-0.15, -0.1) is 0 Å². The van der Waals surface area contributed by atoms with Gasteiger partial charge in [0.25, 0.3) is 6.47 Å². The summed E-state index contributed by atoms with van der Waals surface area (Å²) in [4.78, 5) is 50.7. The number of carboxylic acid groups (broad SMARTS) is 1. The predicted octanol–water partition coefficient (Wildman–Crippen LogP) is 7.41. The molecule has 0 aliphatic rings. The van der Waals surface area contributed by atoms with Gasteiger partial charge in [0, 0.05) is 24.5 Å². The summed E-state index contributed by atoms with van der Waals surface area (Å²) in [6.07, 6.45) is 1.43. The number of hydrogen-bond donors (Lipinski definition) is 4. The smallest absolute Gasteiger partial charge is 0.413 e. The molecule has 1 atom stereocenters. The lowest BCUT2D eigenvalue weighted by Gasteiger charge is -2.19. The lowest BCUT2D eigenvalue weighted by atomic mass is 9.95. The fraction of sp³-hybridized carbons (Fsp3) is 0.342. The van der Waals surface area contributed by atoms with Gasteiger partial charge in [-0.05, 0) is 65.6 Å². The maximum Gasteiger partial charge on any atom is 0.413 e. The van der Waals surface area contributed by atoms with Gasteiger partial charge in [-0.2, -0.15) is 0 Å². The van der Waals surface area contributed by atoms with Crippen LogP contribution in [0.3, 0.4) is 0 Å². The fourth-order valence-electron chi connectivity index (χ4n) is 4.74. The first-order valence-corrected chi connectivity index (χ1v) is 16.4. The van der Waals surface area contributed by atoms with E-state index in [0.29, 0.717) is 18.7 Å². The Hall–Kier alpha value is -5.45. The SMILES string of the molecule is CC.CC.CCC(NC(=O)CNC(=O)CCCN(C(=O)O)c1cc(C)ccn1)c1ccc(-c2ccc(O)c3ccccc23)cc1.COC=O. The molecule has 49 heavy (non-hydrogen) atoms. The number of amides is 3. The van der Waals surface area contributed by atoms with E-state index < -0.39 is 6.09 Å². The third kappa shape index (κ3) is 13.3. The molecule has 4 rings (SSSR count). The van der Waals surface area contributed by atoms with E-state index >= 15 is 0 Å². The zero-order chi connectivity index (χ0) is 36.8. The van der Waals surface area contributed by atoms with Crippen molar-refractivity contribution in [3.63, 3.8) is 0 Å². The molecule has 0 aliphatic carbocycles. The van der Waals surface area contributed by atoms with Crippen LogP contribution in [0.4, 0.5) is 10.6 Å². The fourth-order valence-corrected chi connectivity index (χ4v) is 4.74. The number of aromatic hydroxyl groups is 1. The van der Waals surface area contributed by atoms with Crippen LogP contribution in [0.15, 0.2) is 79.0 Å². The first kappa shape index (κ1) is 41.6. The maximum atomic E-state index is 12.6. The van der Waals surface area contributed by atoms with E-state index in [4.69, 9.17) is 4.79 Å². The van der Waals surface area contributed by atoms with Crippen molar-refractivity contribution in [2.24, 2.45) is 0 Å². The highest BCUT2D eigenvalue weighted by atomic mass is 16.5. The molecule has 1 unspecified atom stereocenters. The molecule has 3 aromatic carbocycles. The number of methoxy groups -OCH3 is 1. The number of hydrogen-bond acceptors (Lipinski definition) is 7. The number of ether oxygens (including phenoxy) is 1. The first-order chi connectivity index (χ1) is 23.7. The minimum Gasteiger partial charge on any atom is -0.507 e. The van der Waals surface area contributed by atoms with Gasteiger partial charge >= 0.3 is 6.09 Å². The number of pyridine rings is 1. The number of aryl methyl sites for hydroxylation is 1. The van der Waals surface area contributed by atoms with Crippen LogP contribution in [0.5, 0.6) is 5.75 Å². The monoisotopic (exact) mass is 674 g/mol. The summed E-state index contributed by atoms with van der Waals surface area (Å²) in [7, 11) is 1.31. The lowest BCUT2D eigenvalue weighted by Crippen LogP contribution is -2.39. The Morgan fingerprint density at radius 1 is 0.939 bits per heavy atom. The molecule has 0 saturated carbocycles. The summed E-state index contributed by atoms with van der Waals surface area (Å²) in [5.74, 6) is -0.0906. The van der Waals surface area contributed by atoms with E-state index in [1.807, 2.05) is 96.1 Å². The van der Waals surface area contributed by atoms with Crippen LogP contribution in [-0.2, 0) is 19.1 Å². The highest BCUT2D eigenvalue weighted by molar-refractivity contribution is 6.00. The van der Waals surface area contributed by atoms with Crippen molar-refractivity contribution in [3.05, 3.63) is 90.1 Å². The van der Waals surface area contributed by atoms with Gasteiger partial charge in [0.15, 0.2) is 0 Å². The third-order valence-electron chi connectivity index (χ3n) is 7.00. The van der Waals surface area contributed by atoms with Crippen LogP contribution >= 0.6 is 0 Å². The molecule has 264 valence electrons. The topological polar surface area (TPSA) is 158 Å². The number of carbonyl (C=O) groups excluding carboxylic acids is 3. The summed E-state index contributed by atoms with van der Waals surface area (Å²) in [5, 5.41) is 27.0. The number of carbonyl (C=O) groups is 4. The molecular weight excluding hydrogens is 624 g/mol. The van der Waals surface area contributed by atoms with Crippen molar-refractivity contribution in [2.75, 3.05) is 25.1 Å². The Kier molecular flexibility index (Phi) is 19.5. The van der Waals surface area contributed by atoms with Crippen molar-refractivity contribution in [2.45, 2.75) is 66.8 Å². The molecule has 4 N–H and O–H groups in total. The van der Waals surface area contributed by atoms with E-state index in [9.17, 15) is 24.6 Å². The summed E-state index contributed by atoms with van der Waals surface area (Å²) in [5.41, 5.74) is 3.83. The van der Waals surface area contributed by atoms with Gasteiger partial charge in [0.1, 0.15) is 11.6 Å². The Bertz CT molecular complexity index is 1610. The third-order valence-corrected chi connectivity index (χ3v) is 7.00. The summed E-state index contributed by atoms with van der Waals surface area (Å²) in [6, 6.07) is 22.4. The minimum absolute atomic E-state index is 0.0769. The first-order valence-electron chi connectivity index (χ1n) is 16.4. The molecule has 1 heterocycles. The maximum absolute atomic E-state index is 12.6. The number of phenolic OH excluding ortho intramolecular Hbond substituents is 1. The van der Waals surface area contributed by atoms with E-state index in [-0.39, 0.29) is 49.5 Å². The van der Waals surface area contributed by atoms with E-state index in [1.54, 1.807) is 24.4 Å². The van der Waals surface area contributed by atoms with E-state index in [1.165, 1.54) is 7.11 Å². The molecule has 0 aliphatic heterocycles. The number of aromatic nitrogens is 1. The molecule has 0 radical (unpaired) electrons. The Balaban J connectivity index is 0.00000137. The van der Waals surface area contributed by atoms with Gasteiger partial charge in [-0.25, -0.2) is 9.78 Å². The Morgan fingerprint density at radius 2 is 1.57 bits per heavy atom. The largest absolute Gasteiger partial charge is 0.507 e. The van der Waals surface area contributed by atoms with E-state index in [2.05, 4.69) is 20.4 Å². The molecule has 4 aromatic rings. The number of benzene rings is 3. The van der Waals surface area contributed by atoms with Crippen molar-refractivity contribution < 1.29 is 34.1 Å². The molecule has 0 fully saturated rings. The van der Waals surface area contributed by atoms with Crippen LogP contribution < -0.4 is 15.5 Å². The van der Waals surface area contributed by atoms with Gasteiger partial charge in [-0.1, -0.05) is 89.2 Å². The zero-order valence-electron chi connectivity index (χ0n) is 29.5. The predicted molar refractivity (Wildman–Crippen MR) is 195 cm³/mol. The second-order valence-corrected chi connectivity index (χ2v) is 10.2. The Labute approximate surface area is 289 Å². The van der Waals surface area contributed by atoms with Crippen molar-refractivity contribution in [3.8, 4) is 16.9 Å². The number of phenols is 1. The van der Waals surface area contributed by atoms with Crippen LogP contribution in [-0.4, -0.2) is 59.8 Å². The van der Waals surface area contributed by atoms with Crippen LogP contribution in [0, 0.1) is 6.92 Å². The summed E-state index contributed by atoms with van der Waals surface area (Å²) < 4.78 is 3.86. The molecule has 11 nitrogen and oxygen atoms in total. The molecule has 0 bridgehead atoms. The van der Waals surface area contributed by atoms with Crippen molar-refractivity contribution in [1.29, 1.82) is 0 Å². The number of fused-ring (bicyclic) bond motifs is 1. The van der Waals surface area contributed by atoms with Crippen LogP contribution in [0.1, 0.15) is 71.0 Å². The highest BCUT2D eigenvalue weighted by Gasteiger charge is 2.17. The van der Waals surface area contributed by atoms with Crippen LogP contribution in [0.25, 0.3) is 21.9 Å². The average molecular weight is 675 g/mol. The highest BCUT2D eigenvalue weighted by Crippen LogP contribution is 2.34. The molecule has 0 spiro atoms. The molecule has 0 saturated heterocycles. The molecule has 3 amide bonds.